The molecule has 0 aliphatic heterocycles. The van der Waals surface area contributed by atoms with Crippen molar-refractivity contribution in [2.45, 2.75) is 45.6 Å². The fourth-order valence-corrected chi connectivity index (χ4v) is 3.14. The summed E-state index contributed by atoms with van der Waals surface area (Å²) in [5, 5.41) is 3.37. The summed E-state index contributed by atoms with van der Waals surface area (Å²) < 4.78 is 13.6. The molecular weight excluding hydrogens is 213 g/mol. The first-order valence-electron chi connectivity index (χ1n) is 6.46. The van der Waals surface area contributed by atoms with Crippen LogP contribution in [0.5, 0.6) is 0 Å². The number of benzene rings is 1. The van der Waals surface area contributed by atoms with Crippen molar-refractivity contribution >= 4 is 0 Å². The Morgan fingerprint density at radius 3 is 2.71 bits per heavy atom. The van der Waals surface area contributed by atoms with E-state index >= 15 is 0 Å². The van der Waals surface area contributed by atoms with Gasteiger partial charge in [-0.15, -0.1) is 0 Å². The molecule has 1 fully saturated rings. The van der Waals surface area contributed by atoms with Gasteiger partial charge in [0.1, 0.15) is 5.82 Å². The lowest BCUT2D eigenvalue weighted by molar-refractivity contribution is 0.0493. The average Bonchev–Trinajstić information content (AvgIpc) is 2.32. The quantitative estimate of drug-likeness (QED) is 0.843. The van der Waals surface area contributed by atoms with E-state index in [2.05, 4.69) is 25.2 Å². The molecule has 1 aliphatic carbocycles. The van der Waals surface area contributed by atoms with Gasteiger partial charge >= 0.3 is 0 Å². The van der Waals surface area contributed by atoms with Crippen molar-refractivity contribution in [3.8, 4) is 0 Å². The fourth-order valence-electron chi connectivity index (χ4n) is 3.14. The summed E-state index contributed by atoms with van der Waals surface area (Å²) >= 11 is 0. The van der Waals surface area contributed by atoms with E-state index in [1.807, 2.05) is 20.0 Å². The summed E-state index contributed by atoms with van der Waals surface area (Å²) in [6, 6.07) is 6.26. The Bertz CT molecular complexity index is 415. The van der Waals surface area contributed by atoms with Gasteiger partial charge in [-0.2, -0.15) is 0 Å². The van der Waals surface area contributed by atoms with Crippen LogP contribution in [0.4, 0.5) is 4.39 Å². The minimum atomic E-state index is -0.0751. The van der Waals surface area contributed by atoms with Gasteiger partial charge in [0.2, 0.25) is 0 Å². The van der Waals surface area contributed by atoms with Crippen LogP contribution in [0.3, 0.4) is 0 Å². The number of nitrogens with one attached hydrogen (secondary N) is 1. The molecule has 0 aromatic heterocycles. The molecule has 17 heavy (non-hydrogen) atoms. The van der Waals surface area contributed by atoms with Crippen molar-refractivity contribution in [1.29, 1.82) is 0 Å². The highest BCUT2D eigenvalue weighted by molar-refractivity contribution is 5.31. The third-order valence-corrected chi connectivity index (χ3v) is 4.77. The maximum atomic E-state index is 13.6. The van der Waals surface area contributed by atoms with Crippen LogP contribution in [0.1, 0.15) is 43.7 Å². The van der Waals surface area contributed by atoms with Crippen molar-refractivity contribution in [2.75, 3.05) is 7.05 Å². The lowest BCUT2D eigenvalue weighted by atomic mass is 9.54. The molecule has 1 aliphatic rings. The molecule has 0 amide bonds. The Balaban J connectivity index is 2.27. The summed E-state index contributed by atoms with van der Waals surface area (Å²) in [7, 11) is 2.02. The van der Waals surface area contributed by atoms with Crippen molar-refractivity contribution < 1.29 is 4.39 Å². The number of rotatable bonds is 3. The Labute approximate surface area is 103 Å². The minimum absolute atomic E-state index is 0.0751. The zero-order chi connectivity index (χ0) is 12.6. The van der Waals surface area contributed by atoms with Crippen LogP contribution in [0, 0.1) is 18.2 Å². The van der Waals surface area contributed by atoms with Crippen LogP contribution in [0.25, 0.3) is 0 Å². The third kappa shape index (κ3) is 1.89. The van der Waals surface area contributed by atoms with Crippen molar-refractivity contribution in [2.24, 2.45) is 5.41 Å². The number of aryl methyl sites for hydroxylation is 1. The van der Waals surface area contributed by atoms with E-state index in [-0.39, 0.29) is 11.2 Å². The lowest BCUT2D eigenvalue weighted by Crippen LogP contribution is -2.55. The highest BCUT2D eigenvalue weighted by atomic mass is 19.1. The van der Waals surface area contributed by atoms with Crippen LogP contribution >= 0.6 is 0 Å². The van der Waals surface area contributed by atoms with E-state index in [0.717, 1.165) is 24.0 Å². The molecule has 1 nitrogen and oxygen atoms in total. The van der Waals surface area contributed by atoms with Crippen LogP contribution in [-0.4, -0.2) is 13.1 Å². The Morgan fingerprint density at radius 2 is 2.18 bits per heavy atom. The molecule has 1 saturated carbocycles. The zero-order valence-electron chi connectivity index (χ0n) is 11.2. The van der Waals surface area contributed by atoms with Gasteiger partial charge in [-0.25, -0.2) is 4.39 Å². The fraction of sp³-hybridized carbons (Fsp3) is 0.600. The van der Waals surface area contributed by atoms with Crippen LogP contribution in [-0.2, 0) is 0 Å². The lowest BCUT2D eigenvalue weighted by Gasteiger charge is -2.54. The van der Waals surface area contributed by atoms with Gasteiger partial charge in [0.15, 0.2) is 0 Å². The summed E-state index contributed by atoms with van der Waals surface area (Å²) in [6.45, 7) is 6.34. The predicted octanol–water partition coefficient (Wildman–Crippen LogP) is 3.63. The van der Waals surface area contributed by atoms with Crippen molar-refractivity contribution in [3.63, 3.8) is 0 Å². The van der Waals surface area contributed by atoms with Gasteiger partial charge in [0.05, 0.1) is 0 Å². The second-order valence-corrected chi connectivity index (χ2v) is 5.50. The van der Waals surface area contributed by atoms with E-state index in [0.29, 0.717) is 12.0 Å². The Hall–Kier alpha value is -0.890. The third-order valence-electron chi connectivity index (χ3n) is 4.77. The first-order valence-corrected chi connectivity index (χ1v) is 6.46. The smallest absolute Gasteiger partial charge is 0.126 e. The van der Waals surface area contributed by atoms with Gasteiger partial charge in [-0.05, 0) is 55.3 Å². The molecule has 0 saturated heterocycles. The van der Waals surface area contributed by atoms with Crippen molar-refractivity contribution in [3.05, 3.63) is 35.1 Å². The molecule has 1 N–H and O–H groups in total. The second kappa shape index (κ2) is 4.41. The maximum absolute atomic E-state index is 13.6. The van der Waals surface area contributed by atoms with E-state index < -0.39 is 0 Å². The zero-order valence-corrected chi connectivity index (χ0v) is 11.2. The molecule has 94 valence electrons. The highest BCUT2D eigenvalue weighted by Crippen LogP contribution is 2.54. The first kappa shape index (κ1) is 12.6. The summed E-state index contributed by atoms with van der Waals surface area (Å²) in [4.78, 5) is 0. The molecule has 2 rings (SSSR count). The molecule has 3 atom stereocenters. The summed E-state index contributed by atoms with van der Waals surface area (Å²) in [6.07, 6.45) is 2.24. The largest absolute Gasteiger partial charge is 0.316 e. The first-order chi connectivity index (χ1) is 8.02. The summed E-state index contributed by atoms with van der Waals surface area (Å²) in [5.41, 5.74) is 2.15. The average molecular weight is 235 g/mol. The standard InChI is InChI=1S/C15H22FN/c1-5-15(3)12(9-14(15)17-4)11-7-6-10(2)13(16)8-11/h6-8,12,14,17H,5,9H2,1-4H3. The molecule has 1 aromatic rings. The van der Waals surface area contributed by atoms with E-state index in [9.17, 15) is 4.39 Å². The topological polar surface area (TPSA) is 12.0 Å². The van der Waals surface area contributed by atoms with Gasteiger partial charge in [-0.3, -0.25) is 0 Å². The van der Waals surface area contributed by atoms with E-state index in [4.69, 9.17) is 0 Å². The van der Waals surface area contributed by atoms with Gasteiger partial charge in [0.25, 0.3) is 0 Å². The molecular formula is C15H22FN. The predicted molar refractivity (Wildman–Crippen MR) is 69.7 cm³/mol. The van der Waals surface area contributed by atoms with Gasteiger partial charge < -0.3 is 5.32 Å². The molecule has 0 radical (unpaired) electrons. The second-order valence-electron chi connectivity index (χ2n) is 5.50. The SMILES string of the molecule is CCC1(C)C(NC)CC1c1ccc(C)c(F)c1. The molecule has 0 heterocycles. The molecule has 1 aromatic carbocycles. The Kier molecular flexibility index (Phi) is 3.26. The van der Waals surface area contributed by atoms with Crippen LogP contribution in [0.2, 0.25) is 0 Å². The maximum Gasteiger partial charge on any atom is 0.126 e. The monoisotopic (exact) mass is 235 g/mol. The van der Waals surface area contributed by atoms with Gasteiger partial charge in [0, 0.05) is 6.04 Å². The molecule has 2 heteroatoms. The van der Waals surface area contributed by atoms with E-state index in [1.54, 1.807) is 6.07 Å². The van der Waals surface area contributed by atoms with Gasteiger partial charge in [-0.1, -0.05) is 26.0 Å². The molecule has 3 unspecified atom stereocenters. The number of hydrogen-bond donors (Lipinski definition) is 1. The van der Waals surface area contributed by atoms with E-state index in [1.165, 1.54) is 0 Å². The van der Waals surface area contributed by atoms with Crippen LogP contribution < -0.4 is 5.32 Å². The molecule has 0 spiro atoms. The Morgan fingerprint density at radius 1 is 1.47 bits per heavy atom. The normalized spacial score (nSPS) is 32.3. The highest BCUT2D eigenvalue weighted by Gasteiger charge is 2.49. The minimum Gasteiger partial charge on any atom is -0.316 e. The number of halogens is 1. The summed E-state index contributed by atoms with van der Waals surface area (Å²) in [5.74, 6) is 0.411. The van der Waals surface area contributed by atoms with Crippen LogP contribution in [0.15, 0.2) is 18.2 Å². The number of hydrogen-bond acceptors (Lipinski definition) is 1. The van der Waals surface area contributed by atoms with Crippen molar-refractivity contribution in [1.82, 2.24) is 5.32 Å². The molecule has 0 bridgehead atoms.